The summed E-state index contributed by atoms with van der Waals surface area (Å²) in [5.74, 6) is 1.03. The molecule has 0 aliphatic heterocycles. The Balaban J connectivity index is 2.01. The van der Waals surface area contributed by atoms with Gasteiger partial charge in [-0.25, -0.2) is 0 Å². The summed E-state index contributed by atoms with van der Waals surface area (Å²) >= 11 is 3.67. The Kier molecular flexibility index (Phi) is 4.87. The molecule has 0 saturated heterocycles. The first kappa shape index (κ1) is 13.7. The van der Waals surface area contributed by atoms with Crippen LogP contribution in [0.5, 0.6) is 0 Å². The SMILES string of the molecule is Cc1cc(C)cc(CSC(CN)c2ccsc2)c1. The summed E-state index contributed by atoms with van der Waals surface area (Å²) in [7, 11) is 0. The van der Waals surface area contributed by atoms with Gasteiger partial charge in [-0.05, 0) is 41.8 Å². The van der Waals surface area contributed by atoms with Gasteiger partial charge in [-0.2, -0.15) is 11.3 Å². The van der Waals surface area contributed by atoms with E-state index in [0.29, 0.717) is 11.8 Å². The van der Waals surface area contributed by atoms with Crippen LogP contribution in [0.15, 0.2) is 35.0 Å². The van der Waals surface area contributed by atoms with Crippen LogP contribution in [0.3, 0.4) is 0 Å². The summed E-state index contributed by atoms with van der Waals surface area (Å²) in [5.41, 5.74) is 11.3. The van der Waals surface area contributed by atoms with Gasteiger partial charge in [0.2, 0.25) is 0 Å². The molecule has 0 radical (unpaired) electrons. The number of thioether (sulfide) groups is 1. The number of nitrogens with two attached hydrogens (primary N) is 1. The van der Waals surface area contributed by atoms with Gasteiger partial charge in [0, 0.05) is 17.5 Å². The Bertz CT molecular complexity index is 471. The predicted molar refractivity (Wildman–Crippen MR) is 83.3 cm³/mol. The van der Waals surface area contributed by atoms with Crippen LogP contribution in [-0.2, 0) is 5.75 Å². The van der Waals surface area contributed by atoms with Crippen LogP contribution in [0.2, 0.25) is 0 Å². The third kappa shape index (κ3) is 3.61. The first-order chi connectivity index (χ1) is 8.69. The lowest BCUT2D eigenvalue weighted by Gasteiger charge is -2.13. The van der Waals surface area contributed by atoms with E-state index in [0.717, 1.165) is 5.75 Å². The van der Waals surface area contributed by atoms with Crippen molar-refractivity contribution in [2.24, 2.45) is 5.73 Å². The molecule has 0 amide bonds. The lowest BCUT2D eigenvalue weighted by Crippen LogP contribution is -2.08. The van der Waals surface area contributed by atoms with Crippen molar-refractivity contribution in [1.29, 1.82) is 0 Å². The predicted octanol–water partition coefficient (Wildman–Crippen LogP) is 4.30. The van der Waals surface area contributed by atoms with E-state index in [-0.39, 0.29) is 0 Å². The van der Waals surface area contributed by atoms with Gasteiger partial charge in [-0.3, -0.25) is 0 Å². The molecule has 2 aromatic rings. The molecule has 1 aromatic carbocycles. The zero-order valence-corrected chi connectivity index (χ0v) is 12.5. The van der Waals surface area contributed by atoms with Gasteiger partial charge in [-0.1, -0.05) is 29.3 Å². The maximum absolute atomic E-state index is 5.87. The average molecular weight is 277 g/mol. The van der Waals surface area contributed by atoms with E-state index in [1.807, 2.05) is 11.8 Å². The smallest absolute Gasteiger partial charge is 0.0431 e. The number of aryl methyl sites for hydroxylation is 2. The van der Waals surface area contributed by atoms with Crippen LogP contribution >= 0.6 is 23.1 Å². The summed E-state index contributed by atoms with van der Waals surface area (Å²) in [6.07, 6.45) is 0. The minimum atomic E-state index is 0.414. The van der Waals surface area contributed by atoms with Crippen LogP contribution in [0.4, 0.5) is 0 Å². The molecule has 1 aromatic heterocycles. The number of thiophene rings is 1. The second-order valence-corrected chi connectivity index (χ2v) is 6.56. The van der Waals surface area contributed by atoms with Crippen molar-refractivity contribution in [3.05, 3.63) is 57.3 Å². The van der Waals surface area contributed by atoms with Gasteiger partial charge in [0.25, 0.3) is 0 Å². The second-order valence-electron chi connectivity index (χ2n) is 4.59. The third-order valence-corrected chi connectivity index (χ3v) is 4.93. The van der Waals surface area contributed by atoms with Gasteiger partial charge in [0.15, 0.2) is 0 Å². The van der Waals surface area contributed by atoms with Crippen LogP contribution < -0.4 is 5.73 Å². The largest absolute Gasteiger partial charge is 0.329 e. The van der Waals surface area contributed by atoms with Crippen molar-refractivity contribution in [1.82, 2.24) is 0 Å². The fraction of sp³-hybridized carbons (Fsp3) is 0.333. The highest BCUT2D eigenvalue weighted by atomic mass is 32.2. The Hall–Kier alpha value is -0.770. The number of hydrogen-bond acceptors (Lipinski definition) is 3. The molecule has 3 heteroatoms. The van der Waals surface area contributed by atoms with E-state index >= 15 is 0 Å². The van der Waals surface area contributed by atoms with E-state index in [1.165, 1.54) is 22.3 Å². The quantitative estimate of drug-likeness (QED) is 0.882. The van der Waals surface area contributed by atoms with Crippen molar-refractivity contribution in [3.8, 4) is 0 Å². The summed E-state index contributed by atoms with van der Waals surface area (Å²) in [6.45, 7) is 5.01. The maximum Gasteiger partial charge on any atom is 0.0431 e. The molecule has 0 fully saturated rings. The molecule has 2 N–H and O–H groups in total. The van der Waals surface area contributed by atoms with Crippen LogP contribution in [0.25, 0.3) is 0 Å². The van der Waals surface area contributed by atoms with E-state index < -0.39 is 0 Å². The average Bonchev–Trinajstić information content (AvgIpc) is 2.82. The molecule has 0 bridgehead atoms. The van der Waals surface area contributed by atoms with Crippen molar-refractivity contribution in [2.75, 3.05) is 6.54 Å². The van der Waals surface area contributed by atoms with Crippen molar-refractivity contribution >= 4 is 23.1 Å². The fourth-order valence-corrected chi connectivity index (χ4v) is 3.94. The molecule has 0 spiro atoms. The Morgan fingerprint density at radius 3 is 2.50 bits per heavy atom. The number of hydrogen-bond donors (Lipinski definition) is 1. The molecule has 96 valence electrons. The van der Waals surface area contributed by atoms with Crippen molar-refractivity contribution in [3.63, 3.8) is 0 Å². The standard InChI is InChI=1S/C15H19NS2/c1-11-5-12(2)7-13(6-11)9-18-15(8-16)14-3-4-17-10-14/h3-7,10,15H,8-9,16H2,1-2H3. The molecule has 1 atom stereocenters. The van der Waals surface area contributed by atoms with E-state index in [2.05, 4.69) is 48.9 Å². The molecule has 0 aliphatic carbocycles. The summed E-state index contributed by atoms with van der Waals surface area (Å²) < 4.78 is 0. The van der Waals surface area contributed by atoms with Gasteiger partial charge < -0.3 is 5.73 Å². The monoisotopic (exact) mass is 277 g/mol. The molecule has 1 heterocycles. The molecule has 1 unspecified atom stereocenters. The minimum Gasteiger partial charge on any atom is -0.329 e. The summed E-state index contributed by atoms with van der Waals surface area (Å²) in [4.78, 5) is 0. The lowest BCUT2D eigenvalue weighted by molar-refractivity contribution is 0.945. The van der Waals surface area contributed by atoms with Crippen LogP contribution in [-0.4, -0.2) is 6.54 Å². The molecule has 0 aliphatic rings. The van der Waals surface area contributed by atoms with Crippen LogP contribution in [0.1, 0.15) is 27.5 Å². The van der Waals surface area contributed by atoms with E-state index in [4.69, 9.17) is 5.73 Å². The molecular weight excluding hydrogens is 258 g/mol. The normalized spacial score (nSPS) is 12.6. The highest BCUT2D eigenvalue weighted by Crippen LogP contribution is 2.32. The Morgan fingerprint density at radius 1 is 1.22 bits per heavy atom. The number of benzene rings is 1. The van der Waals surface area contributed by atoms with Gasteiger partial charge in [0.05, 0.1) is 0 Å². The molecule has 18 heavy (non-hydrogen) atoms. The zero-order chi connectivity index (χ0) is 13.0. The van der Waals surface area contributed by atoms with Gasteiger partial charge in [-0.15, -0.1) is 11.8 Å². The molecule has 1 nitrogen and oxygen atoms in total. The minimum absolute atomic E-state index is 0.414. The molecule has 2 rings (SSSR count). The molecule has 0 saturated carbocycles. The fourth-order valence-electron chi connectivity index (χ4n) is 2.11. The van der Waals surface area contributed by atoms with E-state index in [9.17, 15) is 0 Å². The Morgan fingerprint density at radius 2 is 1.94 bits per heavy atom. The van der Waals surface area contributed by atoms with Crippen molar-refractivity contribution < 1.29 is 0 Å². The van der Waals surface area contributed by atoms with Gasteiger partial charge in [0.1, 0.15) is 0 Å². The van der Waals surface area contributed by atoms with Gasteiger partial charge >= 0.3 is 0 Å². The second kappa shape index (κ2) is 6.41. The highest BCUT2D eigenvalue weighted by molar-refractivity contribution is 7.98. The van der Waals surface area contributed by atoms with E-state index in [1.54, 1.807) is 11.3 Å². The summed E-state index contributed by atoms with van der Waals surface area (Å²) in [5, 5.41) is 4.73. The highest BCUT2D eigenvalue weighted by Gasteiger charge is 2.10. The number of rotatable bonds is 5. The third-order valence-electron chi connectivity index (χ3n) is 2.86. The maximum atomic E-state index is 5.87. The zero-order valence-electron chi connectivity index (χ0n) is 10.8. The first-order valence-electron chi connectivity index (χ1n) is 6.10. The first-order valence-corrected chi connectivity index (χ1v) is 8.09. The lowest BCUT2D eigenvalue weighted by atomic mass is 10.1. The molecular formula is C15H19NS2. The van der Waals surface area contributed by atoms with Crippen molar-refractivity contribution in [2.45, 2.75) is 24.9 Å². The van der Waals surface area contributed by atoms with Crippen LogP contribution in [0, 0.1) is 13.8 Å². The summed E-state index contributed by atoms with van der Waals surface area (Å²) in [6, 6.07) is 8.92. The Labute approximate surface area is 117 Å². The topological polar surface area (TPSA) is 26.0 Å².